The minimum Gasteiger partial charge on any atom is -0.485 e. The molecule has 0 unspecified atom stereocenters. The van der Waals surface area contributed by atoms with Crippen LogP contribution >= 0.6 is 0 Å². The molecule has 0 aliphatic rings. The van der Waals surface area contributed by atoms with Gasteiger partial charge in [-0.2, -0.15) is 18.3 Å². The predicted octanol–water partition coefficient (Wildman–Crippen LogP) is 4.62. The Labute approximate surface area is 197 Å². The van der Waals surface area contributed by atoms with Crippen LogP contribution in [0, 0.1) is 6.92 Å². The number of aryl methyl sites for hydroxylation is 2. The van der Waals surface area contributed by atoms with E-state index in [9.17, 15) is 23.1 Å². The molecule has 35 heavy (non-hydrogen) atoms. The Morgan fingerprint density at radius 1 is 1.11 bits per heavy atom. The Hall–Kier alpha value is -4.48. The zero-order valence-corrected chi connectivity index (χ0v) is 18.5. The van der Waals surface area contributed by atoms with Crippen molar-refractivity contribution in [1.29, 1.82) is 0 Å². The number of carboxylic acid groups (broad SMARTS) is 1. The highest BCUT2D eigenvalue weighted by Gasteiger charge is 2.32. The van der Waals surface area contributed by atoms with E-state index in [0.717, 1.165) is 17.8 Å². The van der Waals surface area contributed by atoms with Gasteiger partial charge in [-0.05, 0) is 53.9 Å². The van der Waals surface area contributed by atoms with Crippen molar-refractivity contribution >= 4 is 17.6 Å². The molecule has 2 N–H and O–H groups in total. The molecule has 0 bridgehead atoms. The molecule has 180 valence electrons. The van der Waals surface area contributed by atoms with Crippen LogP contribution in [-0.2, 0) is 19.8 Å². The van der Waals surface area contributed by atoms with Crippen LogP contribution in [0.15, 0.2) is 55.0 Å². The largest absolute Gasteiger partial charge is 0.485 e. The fraction of sp³-hybridized carbons (Fsp3) is 0.174. The van der Waals surface area contributed by atoms with Crippen LogP contribution in [0.4, 0.5) is 24.8 Å². The molecule has 0 radical (unpaired) electrons. The summed E-state index contributed by atoms with van der Waals surface area (Å²) in [5.74, 6) is -0.706. The van der Waals surface area contributed by atoms with Gasteiger partial charge in [-0.1, -0.05) is 12.1 Å². The second-order valence-electron chi connectivity index (χ2n) is 7.58. The van der Waals surface area contributed by atoms with Gasteiger partial charge in [0.25, 0.3) is 0 Å². The zero-order valence-electron chi connectivity index (χ0n) is 18.5. The van der Waals surface area contributed by atoms with Crippen molar-refractivity contribution in [3.05, 3.63) is 77.6 Å². The van der Waals surface area contributed by atoms with E-state index in [-0.39, 0.29) is 23.9 Å². The summed E-state index contributed by atoms with van der Waals surface area (Å²) in [7, 11) is 1.70. The first-order chi connectivity index (χ1) is 16.6. The quantitative estimate of drug-likeness (QED) is 0.391. The molecule has 2 heterocycles. The Morgan fingerprint density at radius 3 is 2.60 bits per heavy atom. The minimum atomic E-state index is -4.60. The van der Waals surface area contributed by atoms with Gasteiger partial charge in [0, 0.05) is 18.9 Å². The highest BCUT2D eigenvalue weighted by atomic mass is 19.4. The molecule has 9 nitrogen and oxygen atoms in total. The van der Waals surface area contributed by atoms with E-state index >= 15 is 0 Å². The predicted molar refractivity (Wildman–Crippen MR) is 119 cm³/mol. The van der Waals surface area contributed by atoms with Crippen molar-refractivity contribution in [1.82, 2.24) is 24.7 Å². The Kier molecular flexibility index (Phi) is 6.36. The maximum atomic E-state index is 13.0. The van der Waals surface area contributed by atoms with Crippen LogP contribution in [0.25, 0.3) is 11.1 Å². The third-order valence-corrected chi connectivity index (χ3v) is 4.98. The average molecular weight is 484 g/mol. The van der Waals surface area contributed by atoms with E-state index in [4.69, 9.17) is 4.74 Å². The highest BCUT2D eigenvalue weighted by Crippen LogP contribution is 2.31. The average Bonchev–Trinajstić information content (AvgIpc) is 3.21. The van der Waals surface area contributed by atoms with Gasteiger partial charge in [-0.3, -0.25) is 4.68 Å². The minimum absolute atomic E-state index is 0.0334. The number of halogens is 3. The first-order valence-corrected chi connectivity index (χ1v) is 10.2. The molecule has 0 fully saturated rings. The van der Waals surface area contributed by atoms with E-state index in [1.807, 2.05) is 6.07 Å². The number of benzene rings is 2. The number of hydrogen-bond donors (Lipinski definition) is 2. The van der Waals surface area contributed by atoms with Gasteiger partial charge in [0.1, 0.15) is 29.9 Å². The van der Waals surface area contributed by atoms with Gasteiger partial charge in [0.05, 0.1) is 0 Å². The van der Waals surface area contributed by atoms with Crippen molar-refractivity contribution in [2.24, 2.45) is 7.05 Å². The summed E-state index contributed by atoms with van der Waals surface area (Å²) < 4.78 is 46.1. The lowest BCUT2D eigenvalue weighted by Gasteiger charge is -2.13. The number of rotatable bonds is 7. The number of ether oxygens (including phenoxy) is 1. The number of carboxylic acids is 1. The number of alkyl halides is 3. The molecular weight excluding hydrogens is 465 g/mol. The summed E-state index contributed by atoms with van der Waals surface area (Å²) in [6, 6.07) is 10.7. The van der Waals surface area contributed by atoms with E-state index in [2.05, 4.69) is 25.4 Å². The van der Waals surface area contributed by atoms with Crippen LogP contribution in [0.1, 0.15) is 27.4 Å². The molecule has 4 rings (SSSR count). The van der Waals surface area contributed by atoms with Crippen LogP contribution in [0.3, 0.4) is 0 Å². The third kappa shape index (κ3) is 5.54. The molecule has 0 saturated heterocycles. The lowest BCUT2D eigenvalue weighted by atomic mass is 10.00. The smallest absolute Gasteiger partial charge is 0.433 e. The first-order valence-electron chi connectivity index (χ1n) is 10.2. The summed E-state index contributed by atoms with van der Waals surface area (Å²) >= 11 is 0. The summed E-state index contributed by atoms with van der Waals surface area (Å²) in [6.45, 7) is 1.84. The van der Waals surface area contributed by atoms with Gasteiger partial charge in [0.2, 0.25) is 5.95 Å². The second-order valence-corrected chi connectivity index (χ2v) is 7.58. The number of aromatic carboxylic acids is 1. The normalized spacial score (nSPS) is 11.3. The van der Waals surface area contributed by atoms with E-state index < -0.39 is 17.8 Å². The Balaban J connectivity index is 1.62. The molecular formula is C23H19F3N6O3. The number of carbonyl (C=O) groups is 1. The van der Waals surface area contributed by atoms with Crippen LogP contribution < -0.4 is 10.1 Å². The van der Waals surface area contributed by atoms with Gasteiger partial charge in [-0.25, -0.2) is 19.7 Å². The van der Waals surface area contributed by atoms with Crippen LogP contribution in [-0.4, -0.2) is 35.8 Å². The molecule has 12 heteroatoms. The second kappa shape index (κ2) is 9.41. The number of nitrogens with one attached hydrogen (secondary N) is 1. The van der Waals surface area contributed by atoms with Crippen molar-refractivity contribution in [3.8, 4) is 16.9 Å². The summed E-state index contributed by atoms with van der Waals surface area (Å²) in [6.07, 6.45) is -2.21. The maximum absolute atomic E-state index is 13.0. The summed E-state index contributed by atoms with van der Waals surface area (Å²) in [5.41, 5.74) is 1.33. The first kappa shape index (κ1) is 23.7. The lowest BCUT2D eigenvalue weighted by molar-refractivity contribution is -0.141. The molecule has 0 aliphatic heterocycles. The number of anilines is 2. The SMILES string of the molecule is Cc1cc(Nc2nccc(C(F)(F)F)n2)cc(-c2ccc(OCc3ncnn3C)c(C(=O)O)c2)c1. The molecule has 2 aromatic heterocycles. The maximum Gasteiger partial charge on any atom is 0.433 e. The molecule has 0 saturated carbocycles. The van der Waals surface area contributed by atoms with Gasteiger partial charge < -0.3 is 15.2 Å². The lowest BCUT2D eigenvalue weighted by Crippen LogP contribution is -2.10. The fourth-order valence-corrected chi connectivity index (χ4v) is 3.32. The molecule has 2 aromatic carbocycles. The summed E-state index contributed by atoms with van der Waals surface area (Å²) in [5, 5.41) is 16.4. The van der Waals surface area contributed by atoms with E-state index in [0.29, 0.717) is 22.6 Å². The van der Waals surface area contributed by atoms with Gasteiger partial charge >= 0.3 is 12.1 Å². The highest BCUT2D eigenvalue weighted by molar-refractivity contribution is 5.93. The molecule has 0 aliphatic carbocycles. The van der Waals surface area contributed by atoms with Gasteiger partial charge in [-0.15, -0.1) is 0 Å². The zero-order chi connectivity index (χ0) is 25.2. The van der Waals surface area contributed by atoms with E-state index in [1.54, 1.807) is 38.2 Å². The topological polar surface area (TPSA) is 115 Å². The molecule has 0 amide bonds. The fourth-order valence-electron chi connectivity index (χ4n) is 3.32. The Morgan fingerprint density at radius 2 is 1.91 bits per heavy atom. The van der Waals surface area contributed by atoms with E-state index in [1.165, 1.54) is 17.1 Å². The number of aromatic nitrogens is 5. The number of hydrogen-bond acceptors (Lipinski definition) is 7. The molecule has 0 spiro atoms. The third-order valence-electron chi connectivity index (χ3n) is 4.98. The monoisotopic (exact) mass is 484 g/mol. The number of nitrogens with zero attached hydrogens (tertiary/aromatic N) is 5. The van der Waals surface area contributed by atoms with Crippen LogP contribution in [0.5, 0.6) is 5.75 Å². The Bertz CT molecular complexity index is 1390. The molecule has 0 atom stereocenters. The van der Waals surface area contributed by atoms with Crippen LogP contribution in [0.2, 0.25) is 0 Å². The molecule has 4 aromatic rings. The van der Waals surface area contributed by atoms with Crippen molar-refractivity contribution < 1.29 is 27.8 Å². The van der Waals surface area contributed by atoms with Crippen molar-refractivity contribution in [3.63, 3.8) is 0 Å². The summed E-state index contributed by atoms with van der Waals surface area (Å²) in [4.78, 5) is 23.3. The van der Waals surface area contributed by atoms with Crippen molar-refractivity contribution in [2.75, 3.05) is 5.32 Å². The van der Waals surface area contributed by atoms with Gasteiger partial charge in [0.15, 0.2) is 5.82 Å². The standard InChI is InChI=1S/C23H19F3N6O3/c1-13-7-15(9-16(8-13)30-22-27-6-5-19(31-22)23(24,25)26)14-3-4-18(17(10-14)21(33)34)35-11-20-28-12-29-32(20)2/h3-10,12H,11H2,1-2H3,(H,33,34)(H,27,30,31). The van der Waals surface area contributed by atoms with Crippen molar-refractivity contribution in [2.45, 2.75) is 19.7 Å².